The van der Waals surface area contributed by atoms with Gasteiger partial charge < -0.3 is 15.7 Å². The predicted molar refractivity (Wildman–Crippen MR) is 64.0 cm³/mol. The van der Waals surface area contributed by atoms with Gasteiger partial charge in [-0.25, -0.2) is 0 Å². The summed E-state index contributed by atoms with van der Waals surface area (Å²) in [6.45, 7) is 8.05. The molecule has 1 saturated heterocycles. The van der Waals surface area contributed by atoms with E-state index in [1.807, 2.05) is 0 Å². The van der Waals surface area contributed by atoms with E-state index in [2.05, 4.69) is 31.4 Å². The molecule has 1 fully saturated rings. The standard InChI is InChI=1S/C12H24N2O2/c1-8(2)11(4-5-15)14-12(16)10-7-13-6-9(10)3/h8-11,13,15H,4-7H2,1-3H3,(H,14,16)/t9-,10-,11?/m1/s1. The van der Waals surface area contributed by atoms with Gasteiger partial charge in [0.05, 0.1) is 5.92 Å². The molecule has 94 valence electrons. The van der Waals surface area contributed by atoms with Gasteiger partial charge in [0.15, 0.2) is 0 Å². The van der Waals surface area contributed by atoms with Crippen LogP contribution in [0.1, 0.15) is 27.2 Å². The Morgan fingerprint density at radius 1 is 1.50 bits per heavy atom. The van der Waals surface area contributed by atoms with Crippen molar-refractivity contribution in [3.63, 3.8) is 0 Å². The number of carbonyl (C=O) groups excluding carboxylic acids is 1. The van der Waals surface area contributed by atoms with Crippen molar-refractivity contribution in [2.45, 2.75) is 33.2 Å². The highest BCUT2D eigenvalue weighted by Crippen LogP contribution is 2.17. The first-order valence-electron chi connectivity index (χ1n) is 6.18. The first-order chi connectivity index (χ1) is 7.56. The van der Waals surface area contributed by atoms with E-state index in [0.717, 1.165) is 13.1 Å². The fourth-order valence-electron chi connectivity index (χ4n) is 2.16. The zero-order valence-electron chi connectivity index (χ0n) is 10.5. The fourth-order valence-corrected chi connectivity index (χ4v) is 2.16. The summed E-state index contributed by atoms with van der Waals surface area (Å²) in [5.74, 6) is 0.979. The molecule has 0 saturated carbocycles. The average molecular weight is 228 g/mol. The van der Waals surface area contributed by atoms with Gasteiger partial charge in [-0.1, -0.05) is 20.8 Å². The number of amides is 1. The Labute approximate surface area is 97.8 Å². The van der Waals surface area contributed by atoms with E-state index in [4.69, 9.17) is 5.11 Å². The second-order valence-corrected chi connectivity index (χ2v) is 5.11. The molecule has 0 bridgehead atoms. The maximum absolute atomic E-state index is 12.0. The molecule has 4 heteroatoms. The van der Waals surface area contributed by atoms with Crippen LogP contribution in [-0.2, 0) is 4.79 Å². The molecule has 3 atom stereocenters. The summed E-state index contributed by atoms with van der Waals surface area (Å²) in [5.41, 5.74) is 0. The van der Waals surface area contributed by atoms with E-state index < -0.39 is 0 Å². The number of carbonyl (C=O) groups is 1. The lowest BCUT2D eigenvalue weighted by molar-refractivity contribution is -0.126. The van der Waals surface area contributed by atoms with Crippen LogP contribution >= 0.6 is 0 Å². The number of rotatable bonds is 5. The first kappa shape index (κ1) is 13.5. The van der Waals surface area contributed by atoms with E-state index >= 15 is 0 Å². The third-order valence-electron chi connectivity index (χ3n) is 3.43. The summed E-state index contributed by atoms with van der Waals surface area (Å²) >= 11 is 0. The summed E-state index contributed by atoms with van der Waals surface area (Å²) in [7, 11) is 0. The number of nitrogens with one attached hydrogen (secondary N) is 2. The molecule has 4 nitrogen and oxygen atoms in total. The second-order valence-electron chi connectivity index (χ2n) is 5.11. The zero-order chi connectivity index (χ0) is 12.1. The molecule has 1 amide bonds. The number of hydrogen-bond donors (Lipinski definition) is 3. The van der Waals surface area contributed by atoms with Crippen LogP contribution in [0.25, 0.3) is 0 Å². The van der Waals surface area contributed by atoms with Crippen LogP contribution in [0.2, 0.25) is 0 Å². The molecular formula is C12H24N2O2. The third-order valence-corrected chi connectivity index (χ3v) is 3.43. The lowest BCUT2D eigenvalue weighted by atomic mass is 9.95. The van der Waals surface area contributed by atoms with E-state index in [1.165, 1.54) is 0 Å². The maximum Gasteiger partial charge on any atom is 0.224 e. The Hall–Kier alpha value is -0.610. The van der Waals surface area contributed by atoms with Crippen LogP contribution in [0.15, 0.2) is 0 Å². The Morgan fingerprint density at radius 3 is 2.62 bits per heavy atom. The Morgan fingerprint density at radius 2 is 2.19 bits per heavy atom. The molecule has 1 unspecified atom stereocenters. The highest BCUT2D eigenvalue weighted by molar-refractivity contribution is 5.79. The minimum absolute atomic E-state index is 0.0833. The molecule has 0 aromatic heterocycles. The lowest BCUT2D eigenvalue weighted by Gasteiger charge is -2.24. The quantitative estimate of drug-likeness (QED) is 0.637. The van der Waals surface area contributed by atoms with Gasteiger partial charge in [0.2, 0.25) is 5.91 Å². The summed E-state index contributed by atoms with van der Waals surface area (Å²) in [5, 5.41) is 15.2. The molecule has 0 radical (unpaired) electrons. The highest BCUT2D eigenvalue weighted by atomic mass is 16.3. The molecule has 0 aliphatic carbocycles. The monoisotopic (exact) mass is 228 g/mol. The normalized spacial score (nSPS) is 27.1. The van der Waals surface area contributed by atoms with Crippen molar-refractivity contribution in [1.29, 1.82) is 0 Å². The minimum Gasteiger partial charge on any atom is -0.396 e. The minimum atomic E-state index is 0.0833. The molecule has 1 heterocycles. The smallest absolute Gasteiger partial charge is 0.224 e. The van der Waals surface area contributed by atoms with Gasteiger partial charge in [0.25, 0.3) is 0 Å². The van der Waals surface area contributed by atoms with Gasteiger partial charge in [-0.05, 0) is 24.8 Å². The highest BCUT2D eigenvalue weighted by Gasteiger charge is 2.30. The Kier molecular flexibility index (Phi) is 5.22. The number of aliphatic hydroxyl groups is 1. The summed E-state index contributed by atoms with van der Waals surface area (Å²) in [4.78, 5) is 12.0. The van der Waals surface area contributed by atoms with E-state index in [9.17, 15) is 4.79 Å². The molecule has 0 aromatic rings. The lowest BCUT2D eigenvalue weighted by Crippen LogP contribution is -2.44. The molecular weight excluding hydrogens is 204 g/mol. The molecule has 0 aromatic carbocycles. The topological polar surface area (TPSA) is 61.4 Å². The fraction of sp³-hybridized carbons (Fsp3) is 0.917. The third kappa shape index (κ3) is 3.46. The largest absolute Gasteiger partial charge is 0.396 e. The molecule has 1 aliphatic heterocycles. The van der Waals surface area contributed by atoms with Crippen LogP contribution in [0.4, 0.5) is 0 Å². The Bertz CT molecular complexity index is 231. The van der Waals surface area contributed by atoms with Crippen LogP contribution in [-0.4, -0.2) is 36.8 Å². The zero-order valence-corrected chi connectivity index (χ0v) is 10.5. The average Bonchev–Trinajstić information content (AvgIpc) is 2.63. The van der Waals surface area contributed by atoms with Gasteiger partial charge in [-0.15, -0.1) is 0 Å². The van der Waals surface area contributed by atoms with Crippen molar-refractivity contribution in [2.24, 2.45) is 17.8 Å². The van der Waals surface area contributed by atoms with Crippen molar-refractivity contribution in [2.75, 3.05) is 19.7 Å². The van der Waals surface area contributed by atoms with E-state index in [0.29, 0.717) is 18.3 Å². The van der Waals surface area contributed by atoms with Gasteiger partial charge in [0, 0.05) is 19.2 Å². The van der Waals surface area contributed by atoms with Gasteiger partial charge >= 0.3 is 0 Å². The Balaban J connectivity index is 2.47. The van der Waals surface area contributed by atoms with Crippen molar-refractivity contribution >= 4 is 5.91 Å². The number of aliphatic hydroxyl groups excluding tert-OH is 1. The molecule has 1 aliphatic rings. The van der Waals surface area contributed by atoms with E-state index in [-0.39, 0.29) is 24.5 Å². The van der Waals surface area contributed by atoms with Gasteiger partial charge in [0.1, 0.15) is 0 Å². The molecule has 0 spiro atoms. The van der Waals surface area contributed by atoms with E-state index in [1.54, 1.807) is 0 Å². The number of hydrogen-bond acceptors (Lipinski definition) is 3. The SMILES string of the molecule is CC(C)C(CCO)NC(=O)[C@@H]1CNC[C@H]1C. The first-order valence-corrected chi connectivity index (χ1v) is 6.18. The van der Waals surface area contributed by atoms with Gasteiger partial charge in [-0.3, -0.25) is 4.79 Å². The molecule has 3 N–H and O–H groups in total. The van der Waals surface area contributed by atoms with Crippen molar-refractivity contribution in [1.82, 2.24) is 10.6 Å². The predicted octanol–water partition coefficient (Wildman–Crippen LogP) is 0.365. The molecule has 16 heavy (non-hydrogen) atoms. The summed E-state index contributed by atoms with van der Waals surface area (Å²) in [6.07, 6.45) is 0.637. The molecule has 1 rings (SSSR count). The van der Waals surface area contributed by atoms with Crippen LogP contribution in [0.5, 0.6) is 0 Å². The van der Waals surface area contributed by atoms with Crippen molar-refractivity contribution in [3.05, 3.63) is 0 Å². The van der Waals surface area contributed by atoms with Crippen LogP contribution in [0, 0.1) is 17.8 Å². The summed E-state index contributed by atoms with van der Waals surface area (Å²) in [6, 6.07) is 0.0882. The van der Waals surface area contributed by atoms with Crippen molar-refractivity contribution < 1.29 is 9.90 Å². The van der Waals surface area contributed by atoms with Crippen molar-refractivity contribution in [3.8, 4) is 0 Å². The van der Waals surface area contributed by atoms with Gasteiger partial charge in [-0.2, -0.15) is 0 Å². The summed E-state index contributed by atoms with van der Waals surface area (Å²) < 4.78 is 0. The van der Waals surface area contributed by atoms with Crippen LogP contribution < -0.4 is 10.6 Å². The van der Waals surface area contributed by atoms with Crippen LogP contribution in [0.3, 0.4) is 0 Å². The maximum atomic E-state index is 12.0. The second kappa shape index (κ2) is 6.21.